The fourth-order valence-electron chi connectivity index (χ4n) is 6.32. The second kappa shape index (κ2) is 4.77. The summed E-state index contributed by atoms with van der Waals surface area (Å²) in [4.78, 5) is 24.2. The number of carbonyl (C=O) groups is 2. The zero-order valence-corrected chi connectivity index (χ0v) is 13.5. The fourth-order valence-corrected chi connectivity index (χ4v) is 6.32. The number of hydrogen-bond acceptors (Lipinski definition) is 3. The summed E-state index contributed by atoms with van der Waals surface area (Å²) in [5, 5.41) is 10.6. The molecule has 3 heteroatoms. The van der Waals surface area contributed by atoms with Gasteiger partial charge in [-0.15, -0.1) is 0 Å². The Kier molecular flexibility index (Phi) is 3.17. The number of aliphatic hydroxyl groups is 1. The highest BCUT2D eigenvalue weighted by Crippen LogP contribution is 2.61. The van der Waals surface area contributed by atoms with Crippen LogP contribution in [-0.2, 0) is 9.59 Å². The predicted octanol–water partition coefficient (Wildman–Crippen LogP) is 2.91. The number of hydrogen-bond donors (Lipinski definition) is 1. The van der Waals surface area contributed by atoms with E-state index in [1.807, 2.05) is 6.08 Å². The molecule has 0 spiro atoms. The molecule has 3 fully saturated rings. The van der Waals surface area contributed by atoms with Gasteiger partial charge in [0.05, 0.1) is 6.10 Å². The van der Waals surface area contributed by atoms with Gasteiger partial charge in [0.1, 0.15) is 5.78 Å². The summed E-state index contributed by atoms with van der Waals surface area (Å²) in [5.74, 6) is 2.58. The van der Waals surface area contributed by atoms with Gasteiger partial charge in [-0.1, -0.05) is 19.4 Å². The molecule has 7 atom stereocenters. The first-order valence-electron chi connectivity index (χ1n) is 8.87. The summed E-state index contributed by atoms with van der Waals surface area (Å²) in [7, 11) is 0. The lowest BCUT2D eigenvalue weighted by molar-refractivity contribution is -0.132. The molecule has 0 heterocycles. The maximum Gasteiger partial charge on any atom is 0.158 e. The molecule has 1 N–H and O–H groups in total. The van der Waals surface area contributed by atoms with Gasteiger partial charge in [0.15, 0.2) is 5.78 Å². The molecule has 0 aromatic rings. The maximum absolute atomic E-state index is 12.4. The van der Waals surface area contributed by atoms with Crippen LogP contribution in [0.4, 0.5) is 0 Å². The first-order valence-corrected chi connectivity index (χ1v) is 8.87. The summed E-state index contributed by atoms with van der Waals surface area (Å²) in [6.07, 6.45) is 6.46. The molecule has 0 aliphatic heterocycles. The standard InChI is InChI=1S/C19H26O3/c1-10-7-14-12(18-13(10)8-11(20)9-16(18)21)5-6-19(2)15(14)3-4-17(19)22/h8,10,12,14-16,18,21H,3-7,9H2,1-2H3/t10-,12-,14+,15-,16?,18+,19-/m0/s1. The van der Waals surface area contributed by atoms with Gasteiger partial charge >= 0.3 is 0 Å². The van der Waals surface area contributed by atoms with Gasteiger partial charge in [-0.05, 0) is 55.4 Å². The normalized spacial score (nSPS) is 51.0. The largest absolute Gasteiger partial charge is 0.392 e. The Labute approximate surface area is 132 Å². The average molecular weight is 302 g/mol. The highest BCUT2D eigenvalue weighted by molar-refractivity contribution is 5.92. The monoisotopic (exact) mass is 302 g/mol. The Balaban J connectivity index is 1.71. The molecular formula is C19H26O3. The smallest absolute Gasteiger partial charge is 0.158 e. The Morgan fingerprint density at radius 2 is 2.00 bits per heavy atom. The van der Waals surface area contributed by atoms with Crippen LogP contribution in [0.15, 0.2) is 11.6 Å². The molecule has 0 amide bonds. The fraction of sp³-hybridized carbons (Fsp3) is 0.789. The Bertz CT molecular complexity index is 563. The summed E-state index contributed by atoms with van der Waals surface area (Å²) in [6.45, 7) is 4.38. The van der Waals surface area contributed by atoms with E-state index in [2.05, 4.69) is 13.8 Å². The van der Waals surface area contributed by atoms with E-state index in [-0.39, 0.29) is 23.5 Å². The Morgan fingerprint density at radius 3 is 2.77 bits per heavy atom. The zero-order valence-electron chi connectivity index (χ0n) is 13.5. The molecular weight excluding hydrogens is 276 g/mol. The van der Waals surface area contributed by atoms with Gasteiger partial charge < -0.3 is 5.11 Å². The molecule has 3 saturated carbocycles. The molecule has 3 nitrogen and oxygen atoms in total. The van der Waals surface area contributed by atoms with Crippen LogP contribution < -0.4 is 0 Å². The van der Waals surface area contributed by atoms with E-state index >= 15 is 0 Å². The lowest BCUT2D eigenvalue weighted by Gasteiger charge is -2.54. The molecule has 0 bridgehead atoms. The van der Waals surface area contributed by atoms with Crippen molar-refractivity contribution in [2.75, 3.05) is 0 Å². The number of Topliss-reactive ketones (excluding diaryl/α,β-unsaturated/α-hetero) is 1. The summed E-state index contributed by atoms with van der Waals surface area (Å²) in [5.41, 5.74) is 1.08. The van der Waals surface area contributed by atoms with Crippen LogP contribution in [0.1, 0.15) is 52.4 Å². The van der Waals surface area contributed by atoms with Crippen molar-refractivity contribution in [3.05, 3.63) is 11.6 Å². The van der Waals surface area contributed by atoms with Gasteiger partial charge in [0, 0.05) is 24.2 Å². The quantitative estimate of drug-likeness (QED) is 0.748. The van der Waals surface area contributed by atoms with Crippen LogP contribution in [0.25, 0.3) is 0 Å². The van der Waals surface area contributed by atoms with Crippen molar-refractivity contribution in [3.8, 4) is 0 Å². The third-order valence-corrected chi connectivity index (χ3v) is 7.39. The minimum Gasteiger partial charge on any atom is -0.392 e. The van der Waals surface area contributed by atoms with E-state index in [0.29, 0.717) is 29.5 Å². The van der Waals surface area contributed by atoms with Gasteiger partial charge in [0.2, 0.25) is 0 Å². The Hall–Kier alpha value is -0.960. The highest BCUT2D eigenvalue weighted by Gasteiger charge is 2.58. The van der Waals surface area contributed by atoms with Crippen molar-refractivity contribution >= 4 is 11.6 Å². The molecule has 120 valence electrons. The topological polar surface area (TPSA) is 54.4 Å². The van der Waals surface area contributed by atoms with Gasteiger partial charge in [-0.25, -0.2) is 0 Å². The van der Waals surface area contributed by atoms with E-state index in [0.717, 1.165) is 32.1 Å². The van der Waals surface area contributed by atoms with Crippen molar-refractivity contribution in [1.82, 2.24) is 0 Å². The maximum atomic E-state index is 12.4. The first-order chi connectivity index (χ1) is 10.4. The van der Waals surface area contributed by atoms with E-state index in [9.17, 15) is 14.7 Å². The molecule has 0 radical (unpaired) electrons. The van der Waals surface area contributed by atoms with E-state index in [4.69, 9.17) is 0 Å². The van der Waals surface area contributed by atoms with Crippen LogP contribution >= 0.6 is 0 Å². The second-order valence-corrected chi connectivity index (χ2v) is 8.40. The first kappa shape index (κ1) is 14.6. The lowest BCUT2D eigenvalue weighted by atomic mass is 9.50. The third-order valence-electron chi connectivity index (χ3n) is 7.39. The van der Waals surface area contributed by atoms with Gasteiger partial charge in [-0.2, -0.15) is 0 Å². The number of carbonyl (C=O) groups excluding carboxylic acids is 2. The number of aliphatic hydroxyl groups excluding tert-OH is 1. The minimum absolute atomic E-state index is 0.0840. The summed E-state index contributed by atoms with van der Waals surface area (Å²) in [6, 6.07) is 0. The average Bonchev–Trinajstić information content (AvgIpc) is 2.75. The summed E-state index contributed by atoms with van der Waals surface area (Å²) >= 11 is 0. The van der Waals surface area contributed by atoms with Crippen LogP contribution in [0.3, 0.4) is 0 Å². The van der Waals surface area contributed by atoms with Crippen molar-refractivity contribution in [2.45, 2.75) is 58.5 Å². The number of rotatable bonds is 0. The van der Waals surface area contributed by atoms with Crippen LogP contribution in [-0.4, -0.2) is 22.8 Å². The SMILES string of the molecule is C[C@H]1C[C@@H]2[C@H](CC[C@]3(C)C(=O)CC[C@@H]23)[C@@H]2C1=CC(=O)CC2O. The highest BCUT2D eigenvalue weighted by atomic mass is 16.3. The van der Waals surface area contributed by atoms with Crippen LogP contribution in [0.5, 0.6) is 0 Å². The molecule has 1 unspecified atom stereocenters. The molecule has 0 saturated heterocycles. The predicted molar refractivity (Wildman–Crippen MR) is 83.0 cm³/mol. The van der Waals surface area contributed by atoms with Crippen molar-refractivity contribution in [3.63, 3.8) is 0 Å². The second-order valence-electron chi connectivity index (χ2n) is 8.40. The zero-order chi connectivity index (χ0) is 15.6. The van der Waals surface area contributed by atoms with Crippen LogP contribution in [0.2, 0.25) is 0 Å². The van der Waals surface area contributed by atoms with E-state index in [1.54, 1.807) is 0 Å². The molecule has 22 heavy (non-hydrogen) atoms. The van der Waals surface area contributed by atoms with E-state index < -0.39 is 6.10 Å². The summed E-state index contributed by atoms with van der Waals surface area (Å²) < 4.78 is 0. The van der Waals surface area contributed by atoms with Crippen molar-refractivity contribution in [2.24, 2.45) is 35.0 Å². The molecule has 0 aromatic heterocycles. The van der Waals surface area contributed by atoms with Gasteiger partial charge in [0.25, 0.3) is 0 Å². The number of fused-ring (bicyclic) bond motifs is 5. The third kappa shape index (κ3) is 1.84. The molecule has 4 rings (SSSR count). The molecule has 4 aliphatic rings. The van der Waals surface area contributed by atoms with Crippen molar-refractivity contribution < 1.29 is 14.7 Å². The van der Waals surface area contributed by atoms with Crippen molar-refractivity contribution in [1.29, 1.82) is 0 Å². The van der Waals surface area contributed by atoms with Crippen LogP contribution in [0, 0.1) is 35.0 Å². The van der Waals surface area contributed by atoms with E-state index in [1.165, 1.54) is 5.57 Å². The molecule has 0 aromatic carbocycles. The Morgan fingerprint density at radius 1 is 1.23 bits per heavy atom. The molecule has 4 aliphatic carbocycles. The lowest BCUT2D eigenvalue weighted by Crippen LogP contribution is -2.51. The van der Waals surface area contributed by atoms with Gasteiger partial charge in [-0.3, -0.25) is 9.59 Å². The minimum atomic E-state index is -0.510. The number of ketones is 2.